The van der Waals surface area contributed by atoms with Crippen LogP contribution < -0.4 is 10.2 Å². The first-order chi connectivity index (χ1) is 14.3. The van der Waals surface area contributed by atoms with E-state index >= 15 is 0 Å². The monoisotopic (exact) mass is 389 g/mol. The highest BCUT2D eigenvalue weighted by Crippen LogP contribution is 2.30. The molecule has 6 nitrogen and oxygen atoms in total. The highest BCUT2D eigenvalue weighted by Gasteiger charge is 2.27. The Morgan fingerprint density at radius 3 is 2.83 bits per heavy atom. The highest BCUT2D eigenvalue weighted by atomic mass is 16.1. The van der Waals surface area contributed by atoms with Gasteiger partial charge in [0, 0.05) is 43.0 Å². The second-order valence-electron chi connectivity index (χ2n) is 7.55. The summed E-state index contributed by atoms with van der Waals surface area (Å²) < 4.78 is 0. The van der Waals surface area contributed by atoms with E-state index in [0.717, 1.165) is 61.1 Å². The van der Waals surface area contributed by atoms with Crippen molar-refractivity contribution in [1.82, 2.24) is 20.3 Å². The van der Waals surface area contributed by atoms with Crippen LogP contribution in [0.1, 0.15) is 32.6 Å². The Labute approximate surface area is 171 Å². The number of rotatable bonds is 6. The van der Waals surface area contributed by atoms with E-state index in [0.29, 0.717) is 12.4 Å². The van der Waals surface area contributed by atoms with Gasteiger partial charge in [0.05, 0.1) is 11.4 Å². The van der Waals surface area contributed by atoms with Gasteiger partial charge in [0.1, 0.15) is 5.82 Å². The molecule has 1 amide bonds. The van der Waals surface area contributed by atoms with E-state index < -0.39 is 0 Å². The standard InChI is InChI=1S/C23H27N5O/c1-2-3-12-25-23(29)18-7-6-15-28(16-18)22-19-8-4-5-9-20(19)26-21(27-22)17-10-13-24-14-11-17/h4-5,8-11,13-14,18H,2-3,6-7,12,15-16H2,1H3,(H,25,29). The van der Waals surface area contributed by atoms with Crippen molar-refractivity contribution in [3.05, 3.63) is 48.8 Å². The lowest BCUT2D eigenvalue weighted by atomic mass is 9.96. The van der Waals surface area contributed by atoms with Crippen LogP contribution in [-0.2, 0) is 4.79 Å². The van der Waals surface area contributed by atoms with E-state index in [2.05, 4.69) is 28.2 Å². The molecule has 1 N–H and O–H groups in total. The molecular weight excluding hydrogens is 362 g/mol. The summed E-state index contributed by atoms with van der Waals surface area (Å²) in [7, 11) is 0. The molecule has 0 radical (unpaired) electrons. The third-order valence-electron chi connectivity index (χ3n) is 5.44. The number of nitrogens with zero attached hydrogens (tertiary/aromatic N) is 4. The number of para-hydroxylation sites is 1. The predicted octanol–water partition coefficient (Wildman–Crippen LogP) is 3.82. The van der Waals surface area contributed by atoms with E-state index in [4.69, 9.17) is 9.97 Å². The number of anilines is 1. The average Bonchev–Trinajstić information content (AvgIpc) is 2.79. The summed E-state index contributed by atoms with van der Waals surface area (Å²) in [5.74, 6) is 1.76. The molecule has 0 aliphatic carbocycles. The molecule has 6 heteroatoms. The fourth-order valence-corrected chi connectivity index (χ4v) is 3.85. The number of carbonyl (C=O) groups is 1. The molecular formula is C23H27N5O. The minimum absolute atomic E-state index is 0.00120. The van der Waals surface area contributed by atoms with Crippen molar-refractivity contribution in [2.24, 2.45) is 5.92 Å². The quantitative estimate of drug-likeness (QED) is 0.649. The Balaban J connectivity index is 1.64. The number of aromatic nitrogens is 3. The predicted molar refractivity (Wildman–Crippen MR) is 116 cm³/mol. The minimum atomic E-state index is -0.00120. The number of pyridine rings is 1. The maximum Gasteiger partial charge on any atom is 0.224 e. The summed E-state index contributed by atoms with van der Waals surface area (Å²) in [6, 6.07) is 11.9. The van der Waals surface area contributed by atoms with Crippen LogP contribution >= 0.6 is 0 Å². The molecule has 3 heterocycles. The lowest BCUT2D eigenvalue weighted by Gasteiger charge is -2.33. The van der Waals surface area contributed by atoms with Gasteiger partial charge in [-0.3, -0.25) is 9.78 Å². The first-order valence-corrected chi connectivity index (χ1v) is 10.5. The Morgan fingerprint density at radius 1 is 1.17 bits per heavy atom. The zero-order valence-electron chi connectivity index (χ0n) is 16.8. The van der Waals surface area contributed by atoms with Gasteiger partial charge in [0.15, 0.2) is 5.82 Å². The number of carbonyl (C=O) groups excluding carboxylic acids is 1. The Kier molecular flexibility index (Phi) is 5.98. The molecule has 2 aromatic heterocycles. The molecule has 3 aromatic rings. The second kappa shape index (κ2) is 8.99. The van der Waals surface area contributed by atoms with Crippen molar-refractivity contribution in [3.63, 3.8) is 0 Å². The van der Waals surface area contributed by atoms with Crippen LogP contribution in [0.5, 0.6) is 0 Å². The fourth-order valence-electron chi connectivity index (χ4n) is 3.85. The Bertz CT molecular complexity index is 975. The maximum absolute atomic E-state index is 12.6. The highest BCUT2D eigenvalue weighted by molar-refractivity contribution is 5.91. The normalized spacial score (nSPS) is 16.7. The van der Waals surface area contributed by atoms with Crippen molar-refractivity contribution in [1.29, 1.82) is 0 Å². The molecule has 0 saturated carbocycles. The molecule has 150 valence electrons. The summed E-state index contributed by atoms with van der Waals surface area (Å²) in [6.07, 6.45) is 7.52. The van der Waals surface area contributed by atoms with E-state index in [1.807, 2.05) is 30.3 Å². The molecule has 1 saturated heterocycles. The third kappa shape index (κ3) is 4.36. The summed E-state index contributed by atoms with van der Waals surface area (Å²) in [5.41, 5.74) is 1.86. The number of nitrogens with one attached hydrogen (secondary N) is 1. The van der Waals surface area contributed by atoms with Crippen molar-refractivity contribution in [3.8, 4) is 11.4 Å². The van der Waals surface area contributed by atoms with E-state index in [1.54, 1.807) is 12.4 Å². The van der Waals surface area contributed by atoms with Gasteiger partial charge < -0.3 is 10.2 Å². The molecule has 1 fully saturated rings. The molecule has 1 aliphatic rings. The van der Waals surface area contributed by atoms with E-state index in [9.17, 15) is 4.79 Å². The van der Waals surface area contributed by atoms with Crippen molar-refractivity contribution >= 4 is 22.6 Å². The zero-order chi connectivity index (χ0) is 20.1. The van der Waals surface area contributed by atoms with Gasteiger partial charge >= 0.3 is 0 Å². The molecule has 1 aliphatic heterocycles. The third-order valence-corrected chi connectivity index (χ3v) is 5.44. The lowest BCUT2D eigenvalue weighted by Crippen LogP contribution is -2.43. The Hall–Kier alpha value is -3.02. The number of piperidine rings is 1. The number of fused-ring (bicyclic) bond motifs is 1. The average molecular weight is 390 g/mol. The number of unbranched alkanes of at least 4 members (excludes halogenated alkanes) is 1. The maximum atomic E-state index is 12.6. The summed E-state index contributed by atoms with van der Waals surface area (Å²) in [6.45, 7) is 4.48. The van der Waals surface area contributed by atoms with Gasteiger partial charge in [-0.15, -0.1) is 0 Å². The van der Waals surface area contributed by atoms with E-state index in [-0.39, 0.29) is 11.8 Å². The van der Waals surface area contributed by atoms with Crippen LogP contribution in [0.4, 0.5) is 5.82 Å². The van der Waals surface area contributed by atoms with Crippen LogP contribution in [0, 0.1) is 5.92 Å². The van der Waals surface area contributed by atoms with Crippen LogP contribution in [0.3, 0.4) is 0 Å². The fraction of sp³-hybridized carbons (Fsp3) is 0.391. The lowest BCUT2D eigenvalue weighted by molar-refractivity contribution is -0.125. The van der Waals surface area contributed by atoms with Gasteiger partial charge in [-0.1, -0.05) is 25.5 Å². The van der Waals surface area contributed by atoms with Crippen LogP contribution in [-0.4, -0.2) is 40.5 Å². The summed E-state index contributed by atoms with van der Waals surface area (Å²) >= 11 is 0. The number of hydrogen-bond acceptors (Lipinski definition) is 5. The van der Waals surface area contributed by atoms with Crippen molar-refractivity contribution in [2.45, 2.75) is 32.6 Å². The number of hydrogen-bond donors (Lipinski definition) is 1. The molecule has 0 spiro atoms. The topological polar surface area (TPSA) is 71.0 Å². The summed E-state index contributed by atoms with van der Waals surface area (Å²) in [4.78, 5) is 28.7. The first kappa shape index (κ1) is 19.3. The van der Waals surface area contributed by atoms with Crippen molar-refractivity contribution in [2.75, 3.05) is 24.5 Å². The van der Waals surface area contributed by atoms with E-state index in [1.165, 1.54) is 0 Å². The summed E-state index contributed by atoms with van der Waals surface area (Å²) in [5, 5.41) is 4.12. The molecule has 29 heavy (non-hydrogen) atoms. The zero-order valence-corrected chi connectivity index (χ0v) is 16.8. The van der Waals surface area contributed by atoms with Crippen LogP contribution in [0.25, 0.3) is 22.3 Å². The van der Waals surface area contributed by atoms with Gasteiger partial charge in [0.2, 0.25) is 5.91 Å². The van der Waals surface area contributed by atoms with Crippen molar-refractivity contribution < 1.29 is 4.79 Å². The first-order valence-electron chi connectivity index (χ1n) is 10.5. The number of amides is 1. The molecule has 1 aromatic carbocycles. The molecule has 4 rings (SSSR count). The van der Waals surface area contributed by atoms with Gasteiger partial charge in [-0.2, -0.15) is 0 Å². The molecule has 1 atom stereocenters. The van der Waals surface area contributed by atoms with Gasteiger partial charge in [-0.05, 0) is 43.5 Å². The Morgan fingerprint density at radius 2 is 2.00 bits per heavy atom. The largest absolute Gasteiger partial charge is 0.356 e. The minimum Gasteiger partial charge on any atom is -0.356 e. The SMILES string of the molecule is CCCCNC(=O)C1CCCN(c2nc(-c3ccncc3)nc3ccccc23)C1. The molecule has 1 unspecified atom stereocenters. The second-order valence-corrected chi connectivity index (χ2v) is 7.55. The van der Waals surface area contributed by atoms with Gasteiger partial charge in [0.25, 0.3) is 0 Å². The number of benzene rings is 1. The molecule has 0 bridgehead atoms. The van der Waals surface area contributed by atoms with Gasteiger partial charge in [-0.25, -0.2) is 9.97 Å². The smallest absolute Gasteiger partial charge is 0.224 e. The van der Waals surface area contributed by atoms with Crippen LogP contribution in [0.2, 0.25) is 0 Å². The van der Waals surface area contributed by atoms with Crippen LogP contribution in [0.15, 0.2) is 48.8 Å².